The number of carbonyl (C=O) groups is 1. The van der Waals surface area contributed by atoms with Crippen LogP contribution in [0.3, 0.4) is 0 Å². The van der Waals surface area contributed by atoms with Gasteiger partial charge in [-0.2, -0.15) is 0 Å². The van der Waals surface area contributed by atoms with Gasteiger partial charge in [-0.25, -0.2) is 4.79 Å². The number of nitrogens with zero attached hydrogens (tertiary/aromatic N) is 2. The van der Waals surface area contributed by atoms with Gasteiger partial charge in [-0.05, 0) is 38.3 Å². The summed E-state index contributed by atoms with van der Waals surface area (Å²) < 4.78 is 7.27. The first-order valence-corrected chi connectivity index (χ1v) is 7.42. The Morgan fingerprint density at radius 2 is 2.20 bits per heavy atom. The van der Waals surface area contributed by atoms with E-state index in [1.165, 1.54) is 0 Å². The van der Waals surface area contributed by atoms with Crippen LogP contribution in [0, 0.1) is 0 Å². The second-order valence-corrected chi connectivity index (χ2v) is 5.23. The standard InChI is InChI=1S/C15H24N2O3/c1-2-20-12-4-8-16-10-6-13(7-11-16)17-9-3-5-14(17)15(18)19/h3,5,9,13H,2,4,6-8,10-12H2,1H3,(H,18,19). The van der Waals surface area contributed by atoms with Gasteiger partial charge in [0.2, 0.25) is 0 Å². The quantitative estimate of drug-likeness (QED) is 0.778. The molecule has 20 heavy (non-hydrogen) atoms. The van der Waals surface area contributed by atoms with Crippen LogP contribution < -0.4 is 0 Å². The SMILES string of the molecule is CCOCCCN1CCC(n2cccc2C(=O)O)CC1. The van der Waals surface area contributed by atoms with Gasteiger partial charge in [0.15, 0.2) is 0 Å². The molecule has 112 valence electrons. The molecule has 2 heterocycles. The molecule has 0 spiro atoms. The molecule has 1 saturated heterocycles. The van der Waals surface area contributed by atoms with Crippen LogP contribution >= 0.6 is 0 Å². The summed E-state index contributed by atoms with van der Waals surface area (Å²) in [5, 5.41) is 9.16. The second kappa shape index (κ2) is 7.45. The first-order valence-electron chi connectivity index (χ1n) is 7.42. The summed E-state index contributed by atoms with van der Waals surface area (Å²) in [5.41, 5.74) is 0.403. The maximum Gasteiger partial charge on any atom is 0.352 e. The Hall–Kier alpha value is -1.33. The summed E-state index contributed by atoms with van der Waals surface area (Å²) in [6.07, 6.45) is 4.99. The Morgan fingerprint density at radius 1 is 1.45 bits per heavy atom. The van der Waals surface area contributed by atoms with E-state index in [4.69, 9.17) is 9.84 Å². The van der Waals surface area contributed by atoms with Gasteiger partial charge in [-0.15, -0.1) is 0 Å². The highest BCUT2D eigenvalue weighted by atomic mass is 16.5. The highest BCUT2D eigenvalue weighted by molar-refractivity contribution is 5.85. The summed E-state index contributed by atoms with van der Waals surface area (Å²) in [4.78, 5) is 13.6. The molecule has 0 bridgehead atoms. The molecule has 1 aromatic heterocycles. The number of aromatic carboxylic acids is 1. The molecule has 1 aromatic rings. The monoisotopic (exact) mass is 280 g/mol. The first-order chi connectivity index (χ1) is 9.72. The number of hydrogen-bond donors (Lipinski definition) is 1. The molecule has 1 aliphatic rings. The second-order valence-electron chi connectivity index (χ2n) is 5.23. The molecular weight excluding hydrogens is 256 g/mol. The molecule has 5 nitrogen and oxygen atoms in total. The van der Waals surface area contributed by atoms with Crippen molar-refractivity contribution in [2.45, 2.75) is 32.2 Å². The zero-order chi connectivity index (χ0) is 14.4. The zero-order valence-corrected chi connectivity index (χ0v) is 12.1. The van der Waals surface area contributed by atoms with Crippen molar-refractivity contribution in [3.05, 3.63) is 24.0 Å². The van der Waals surface area contributed by atoms with Crippen LogP contribution in [0.1, 0.15) is 42.7 Å². The van der Waals surface area contributed by atoms with E-state index in [0.29, 0.717) is 11.7 Å². The lowest BCUT2D eigenvalue weighted by Gasteiger charge is -2.33. The van der Waals surface area contributed by atoms with Crippen LogP contribution in [0.2, 0.25) is 0 Å². The molecule has 1 N–H and O–H groups in total. The molecule has 0 amide bonds. The highest BCUT2D eigenvalue weighted by Crippen LogP contribution is 2.24. The van der Waals surface area contributed by atoms with Crippen LogP contribution in [0.15, 0.2) is 18.3 Å². The number of ether oxygens (including phenoxy) is 1. The van der Waals surface area contributed by atoms with Gasteiger partial charge in [-0.1, -0.05) is 0 Å². The highest BCUT2D eigenvalue weighted by Gasteiger charge is 2.22. The molecule has 0 radical (unpaired) electrons. The van der Waals surface area contributed by atoms with Crippen LogP contribution in [-0.2, 0) is 4.74 Å². The lowest BCUT2D eigenvalue weighted by atomic mass is 10.0. The molecule has 0 atom stereocenters. The fraction of sp³-hybridized carbons (Fsp3) is 0.667. The topological polar surface area (TPSA) is 54.7 Å². The number of likely N-dealkylation sites (tertiary alicyclic amines) is 1. The van der Waals surface area contributed by atoms with E-state index in [1.807, 2.05) is 23.8 Å². The smallest absolute Gasteiger partial charge is 0.352 e. The predicted octanol–water partition coefficient (Wildman–Crippen LogP) is 2.25. The van der Waals surface area contributed by atoms with Crippen molar-refractivity contribution in [2.24, 2.45) is 0 Å². The van der Waals surface area contributed by atoms with E-state index in [2.05, 4.69) is 4.90 Å². The maximum atomic E-state index is 11.1. The molecule has 1 aliphatic heterocycles. The van der Waals surface area contributed by atoms with Crippen molar-refractivity contribution in [1.29, 1.82) is 0 Å². The average Bonchev–Trinajstić information content (AvgIpc) is 2.94. The van der Waals surface area contributed by atoms with Crippen molar-refractivity contribution in [2.75, 3.05) is 32.8 Å². The van der Waals surface area contributed by atoms with E-state index in [1.54, 1.807) is 6.07 Å². The van der Waals surface area contributed by atoms with Crippen molar-refractivity contribution in [3.8, 4) is 0 Å². The minimum Gasteiger partial charge on any atom is -0.477 e. The van der Waals surface area contributed by atoms with E-state index >= 15 is 0 Å². The van der Waals surface area contributed by atoms with Gasteiger partial charge in [0.25, 0.3) is 0 Å². The lowest BCUT2D eigenvalue weighted by molar-refractivity contribution is 0.0677. The van der Waals surface area contributed by atoms with E-state index in [9.17, 15) is 4.79 Å². The van der Waals surface area contributed by atoms with E-state index in [-0.39, 0.29) is 0 Å². The van der Waals surface area contributed by atoms with Crippen molar-refractivity contribution >= 4 is 5.97 Å². The minimum atomic E-state index is -0.839. The first kappa shape index (κ1) is 15.1. The largest absolute Gasteiger partial charge is 0.477 e. The molecule has 2 rings (SSSR count). The van der Waals surface area contributed by atoms with Crippen LogP contribution in [0.4, 0.5) is 0 Å². The molecule has 0 saturated carbocycles. The summed E-state index contributed by atoms with van der Waals surface area (Å²) >= 11 is 0. The molecule has 0 aliphatic carbocycles. The molecule has 0 unspecified atom stereocenters. The number of carboxylic acid groups (broad SMARTS) is 1. The van der Waals surface area contributed by atoms with Crippen LogP contribution in [-0.4, -0.2) is 53.4 Å². The van der Waals surface area contributed by atoms with Crippen molar-refractivity contribution < 1.29 is 14.6 Å². The number of aromatic nitrogens is 1. The van der Waals surface area contributed by atoms with Crippen molar-refractivity contribution in [3.63, 3.8) is 0 Å². The number of carboxylic acids is 1. The Morgan fingerprint density at radius 3 is 2.85 bits per heavy atom. The molecule has 1 fully saturated rings. The van der Waals surface area contributed by atoms with Gasteiger partial charge >= 0.3 is 5.97 Å². The fourth-order valence-corrected chi connectivity index (χ4v) is 2.85. The summed E-state index contributed by atoms with van der Waals surface area (Å²) in [7, 11) is 0. The number of rotatable bonds is 7. The zero-order valence-electron chi connectivity index (χ0n) is 12.1. The molecular formula is C15H24N2O3. The average molecular weight is 280 g/mol. The van der Waals surface area contributed by atoms with Crippen LogP contribution in [0.25, 0.3) is 0 Å². The third kappa shape index (κ3) is 3.84. The third-order valence-electron chi connectivity index (χ3n) is 3.92. The van der Waals surface area contributed by atoms with Gasteiger partial charge in [0.05, 0.1) is 0 Å². The fourth-order valence-electron chi connectivity index (χ4n) is 2.85. The Bertz CT molecular complexity index is 423. The molecule has 0 aromatic carbocycles. The maximum absolute atomic E-state index is 11.1. The minimum absolute atomic E-state index is 0.319. The van der Waals surface area contributed by atoms with Gasteiger partial charge in [-0.3, -0.25) is 0 Å². The van der Waals surface area contributed by atoms with Gasteiger partial charge < -0.3 is 19.3 Å². The predicted molar refractivity (Wildman–Crippen MR) is 77.2 cm³/mol. The summed E-state index contributed by atoms with van der Waals surface area (Å²) in [5.74, 6) is -0.839. The normalized spacial score (nSPS) is 17.4. The molecule has 5 heteroatoms. The number of hydrogen-bond acceptors (Lipinski definition) is 3. The Balaban J connectivity index is 1.79. The summed E-state index contributed by atoms with van der Waals surface area (Å²) in [6, 6.07) is 3.81. The Kier molecular flexibility index (Phi) is 5.61. The van der Waals surface area contributed by atoms with Crippen LogP contribution in [0.5, 0.6) is 0 Å². The van der Waals surface area contributed by atoms with Gasteiger partial charge in [0.1, 0.15) is 5.69 Å². The van der Waals surface area contributed by atoms with E-state index < -0.39 is 5.97 Å². The Labute approximate surface area is 120 Å². The van der Waals surface area contributed by atoms with Crippen molar-refractivity contribution in [1.82, 2.24) is 9.47 Å². The summed E-state index contributed by atoms with van der Waals surface area (Å²) in [6.45, 7) is 6.78. The number of piperidine rings is 1. The third-order valence-corrected chi connectivity index (χ3v) is 3.92. The van der Waals surface area contributed by atoms with E-state index in [0.717, 1.165) is 52.1 Å². The lowest BCUT2D eigenvalue weighted by Crippen LogP contribution is -2.36. The van der Waals surface area contributed by atoms with Gasteiger partial charge in [0, 0.05) is 45.1 Å².